The predicted molar refractivity (Wildman–Crippen MR) is 81.7 cm³/mol. The van der Waals surface area contributed by atoms with Crippen LogP contribution in [0.1, 0.15) is 18.9 Å². The molecular formula is C14H11FN4OS. The average molecular weight is 302 g/mol. The monoisotopic (exact) mass is 302 g/mol. The number of halogens is 1. The van der Waals surface area contributed by atoms with Crippen LogP contribution in [0.5, 0.6) is 0 Å². The third-order valence-electron chi connectivity index (χ3n) is 2.98. The lowest BCUT2D eigenvalue weighted by molar-refractivity contribution is -0.114. The van der Waals surface area contributed by atoms with Gasteiger partial charge in [-0.1, -0.05) is 19.1 Å². The van der Waals surface area contributed by atoms with Crippen molar-refractivity contribution < 1.29 is 9.18 Å². The Labute approximate surface area is 124 Å². The maximum Gasteiger partial charge on any atom is 0.283 e. The van der Waals surface area contributed by atoms with Crippen LogP contribution in [0, 0.1) is 11.2 Å². The van der Waals surface area contributed by atoms with Gasteiger partial charge >= 0.3 is 0 Å². The summed E-state index contributed by atoms with van der Waals surface area (Å²) in [6, 6.07) is 5.69. The topological polar surface area (TPSA) is 68.9 Å². The third kappa shape index (κ3) is 2.52. The van der Waals surface area contributed by atoms with Gasteiger partial charge in [0.05, 0.1) is 5.57 Å². The quantitative estimate of drug-likeness (QED) is 0.854. The minimum atomic E-state index is -0.476. The molecule has 2 aliphatic heterocycles. The van der Waals surface area contributed by atoms with Crippen molar-refractivity contribution in [1.29, 1.82) is 5.41 Å². The molecule has 5 nitrogen and oxygen atoms in total. The first-order valence-electron chi connectivity index (χ1n) is 6.33. The number of fused-ring (bicyclic) bond motifs is 1. The number of nitrogens with zero attached hydrogens (tertiary/aromatic N) is 3. The molecule has 0 saturated carbocycles. The Morgan fingerprint density at radius 1 is 1.38 bits per heavy atom. The van der Waals surface area contributed by atoms with Gasteiger partial charge in [-0.05, 0) is 42.0 Å². The minimum absolute atomic E-state index is 0.00900. The minimum Gasteiger partial charge on any atom is -0.282 e. The molecule has 7 heteroatoms. The lowest BCUT2D eigenvalue weighted by Crippen LogP contribution is -2.35. The highest BCUT2D eigenvalue weighted by molar-refractivity contribution is 8.26. The van der Waals surface area contributed by atoms with Gasteiger partial charge in [0, 0.05) is 0 Å². The largest absolute Gasteiger partial charge is 0.283 e. The summed E-state index contributed by atoms with van der Waals surface area (Å²) in [5, 5.41) is 15.0. The number of hydrogen-bond donors (Lipinski definition) is 1. The standard InChI is InChI=1S/C14H11FN4OS/c1-2-11-18-19-12(16)10(13(20)17-14(19)21-11)7-8-3-5-9(15)6-4-8/h3-7,16H,2H2,1H3. The molecule has 0 bridgehead atoms. The molecule has 106 valence electrons. The molecule has 0 aliphatic carbocycles. The predicted octanol–water partition coefficient (Wildman–Crippen LogP) is 2.85. The molecule has 2 aliphatic rings. The van der Waals surface area contributed by atoms with Gasteiger partial charge < -0.3 is 0 Å². The number of thioether (sulfide) groups is 1. The Morgan fingerprint density at radius 2 is 2.10 bits per heavy atom. The Hall–Kier alpha value is -2.28. The lowest BCUT2D eigenvalue weighted by atomic mass is 10.1. The maximum absolute atomic E-state index is 12.9. The number of hydrazone groups is 1. The molecule has 0 atom stereocenters. The fraction of sp³-hybridized carbons (Fsp3) is 0.143. The Bertz CT molecular complexity index is 721. The molecule has 21 heavy (non-hydrogen) atoms. The molecule has 1 aromatic carbocycles. The fourth-order valence-electron chi connectivity index (χ4n) is 1.90. The Balaban J connectivity index is 1.97. The highest BCUT2D eigenvalue weighted by Crippen LogP contribution is 2.29. The van der Waals surface area contributed by atoms with E-state index in [2.05, 4.69) is 10.1 Å². The van der Waals surface area contributed by atoms with Crippen LogP contribution in [0.2, 0.25) is 0 Å². The van der Waals surface area contributed by atoms with Crippen LogP contribution in [0.25, 0.3) is 6.08 Å². The van der Waals surface area contributed by atoms with E-state index in [4.69, 9.17) is 5.41 Å². The summed E-state index contributed by atoms with van der Waals surface area (Å²) in [5.41, 5.74) is 0.779. The highest BCUT2D eigenvalue weighted by Gasteiger charge is 2.34. The summed E-state index contributed by atoms with van der Waals surface area (Å²) in [4.78, 5) is 16.0. The molecule has 3 rings (SSSR count). The maximum atomic E-state index is 12.9. The number of amidine groups is 2. The summed E-state index contributed by atoms with van der Waals surface area (Å²) >= 11 is 1.30. The molecule has 1 N–H and O–H groups in total. The number of benzene rings is 1. The third-order valence-corrected chi connectivity index (χ3v) is 4.03. The van der Waals surface area contributed by atoms with Gasteiger partial charge in [0.15, 0.2) is 5.84 Å². The summed E-state index contributed by atoms with van der Waals surface area (Å²) in [6.07, 6.45) is 2.24. The van der Waals surface area contributed by atoms with Crippen LogP contribution in [-0.4, -0.2) is 27.0 Å². The zero-order valence-corrected chi connectivity index (χ0v) is 11.9. The second kappa shape index (κ2) is 5.25. The van der Waals surface area contributed by atoms with Gasteiger partial charge in [-0.15, -0.1) is 0 Å². The van der Waals surface area contributed by atoms with Gasteiger partial charge in [-0.3, -0.25) is 10.2 Å². The van der Waals surface area contributed by atoms with Crippen LogP contribution in [0.4, 0.5) is 4.39 Å². The number of aliphatic imine (C=N–C) groups is 1. The smallest absolute Gasteiger partial charge is 0.282 e. The normalized spacial score (nSPS) is 19.7. The van der Waals surface area contributed by atoms with Crippen LogP contribution in [-0.2, 0) is 4.79 Å². The number of carbonyl (C=O) groups is 1. The number of amides is 1. The summed E-state index contributed by atoms with van der Waals surface area (Å²) in [7, 11) is 0. The van der Waals surface area contributed by atoms with Gasteiger partial charge in [0.1, 0.15) is 10.9 Å². The van der Waals surface area contributed by atoms with E-state index in [0.717, 1.165) is 11.5 Å². The van der Waals surface area contributed by atoms with Crippen molar-refractivity contribution in [1.82, 2.24) is 5.01 Å². The fourth-order valence-corrected chi connectivity index (χ4v) is 2.72. The first-order chi connectivity index (χ1) is 10.1. The second-order valence-corrected chi connectivity index (χ2v) is 5.46. The van der Waals surface area contributed by atoms with E-state index in [1.165, 1.54) is 35.0 Å². The van der Waals surface area contributed by atoms with Crippen LogP contribution >= 0.6 is 11.8 Å². The molecule has 0 saturated heterocycles. The first-order valence-corrected chi connectivity index (χ1v) is 7.15. The Kier molecular flexibility index (Phi) is 3.42. The van der Waals surface area contributed by atoms with Crippen molar-refractivity contribution in [2.24, 2.45) is 10.1 Å². The van der Waals surface area contributed by atoms with Gasteiger partial charge in [-0.25, -0.2) is 4.39 Å². The molecular weight excluding hydrogens is 291 g/mol. The van der Waals surface area contributed by atoms with Crippen LogP contribution in [0.3, 0.4) is 0 Å². The van der Waals surface area contributed by atoms with E-state index >= 15 is 0 Å². The molecule has 2 heterocycles. The van der Waals surface area contributed by atoms with Crippen molar-refractivity contribution in [3.05, 3.63) is 41.2 Å². The SMILES string of the molecule is CCC1=NN2C(=N)C(=Cc3ccc(F)cc3)C(=O)N=C2S1. The van der Waals surface area contributed by atoms with Crippen LogP contribution in [0.15, 0.2) is 39.9 Å². The summed E-state index contributed by atoms with van der Waals surface area (Å²) in [6.45, 7) is 1.95. The number of hydrogen-bond acceptors (Lipinski definition) is 4. The van der Waals surface area contributed by atoms with E-state index in [9.17, 15) is 9.18 Å². The summed E-state index contributed by atoms with van der Waals surface area (Å²) < 4.78 is 12.9. The van der Waals surface area contributed by atoms with E-state index in [1.54, 1.807) is 12.1 Å². The van der Waals surface area contributed by atoms with Crippen molar-refractivity contribution in [3.63, 3.8) is 0 Å². The zero-order chi connectivity index (χ0) is 15.0. The van der Waals surface area contributed by atoms with E-state index in [1.807, 2.05) is 6.92 Å². The number of carbonyl (C=O) groups excluding carboxylic acids is 1. The first kappa shape index (κ1) is 13.7. The van der Waals surface area contributed by atoms with Gasteiger partial charge in [0.2, 0.25) is 5.17 Å². The van der Waals surface area contributed by atoms with Crippen molar-refractivity contribution in [2.45, 2.75) is 13.3 Å². The highest BCUT2D eigenvalue weighted by atomic mass is 32.2. The Morgan fingerprint density at radius 3 is 2.76 bits per heavy atom. The van der Waals surface area contributed by atoms with Crippen molar-refractivity contribution in [2.75, 3.05) is 0 Å². The van der Waals surface area contributed by atoms with E-state index < -0.39 is 5.91 Å². The summed E-state index contributed by atoms with van der Waals surface area (Å²) in [5.74, 6) is -0.837. The molecule has 0 spiro atoms. The molecule has 0 fully saturated rings. The van der Waals surface area contributed by atoms with Crippen molar-refractivity contribution in [3.8, 4) is 0 Å². The zero-order valence-electron chi connectivity index (χ0n) is 11.1. The number of rotatable bonds is 2. The van der Waals surface area contributed by atoms with E-state index in [0.29, 0.717) is 10.7 Å². The van der Waals surface area contributed by atoms with Gasteiger partial charge in [-0.2, -0.15) is 15.1 Å². The van der Waals surface area contributed by atoms with Crippen LogP contribution < -0.4 is 0 Å². The van der Waals surface area contributed by atoms with Gasteiger partial charge in [0.25, 0.3) is 5.91 Å². The molecule has 0 radical (unpaired) electrons. The molecule has 1 aromatic rings. The molecule has 0 unspecified atom stereocenters. The number of nitrogens with one attached hydrogen (secondary N) is 1. The van der Waals surface area contributed by atoms with Crippen molar-refractivity contribution >= 4 is 39.8 Å². The van der Waals surface area contributed by atoms with E-state index in [-0.39, 0.29) is 17.2 Å². The lowest BCUT2D eigenvalue weighted by Gasteiger charge is -2.20. The average Bonchev–Trinajstić information content (AvgIpc) is 2.88. The molecule has 0 aromatic heterocycles. The second-order valence-electron chi connectivity index (χ2n) is 4.42. The molecule has 1 amide bonds.